The molecular formula is C16H19N5. The molecule has 0 aliphatic rings. The second-order valence-corrected chi connectivity index (χ2v) is 4.97. The van der Waals surface area contributed by atoms with Crippen LogP contribution in [0, 0.1) is 18.3 Å². The predicted octanol–water partition coefficient (Wildman–Crippen LogP) is 2.59. The van der Waals surface area contributed by atoms with Gasteiger partial charge in [-0.3, -0.25) is 0 Å². The fourth-order valence-electron chi connectivity index (χ4n) is 2.04. The zero-order chi connectivity index (χ0) is 15.2. The summed E-state index contributed by atoms with van der Waals surface area (Å²) in [7, 11) is 2.05. The van der Waals surface area contributed by atoms with Crippen molar-refractivity contribution in [3.63, 3.8) is 0 Å². The molecule has 0 fully saturated rings. The number of anilines is 2. The second-order valence-electron chi connectivity index (χ2n) is 4.97. The molecule has 0 spiro atoms. The molecule has 1 unspecified atom stereocenters. The van der Waals surface area contributed by atoms with Crippen molar-refractivity contribution in [2.45, 2.75) is 19.9 Å². The number of likely N-dealkylation sites (N-methyl/N-ethyl adjacent to an activating group) is 1. The highest BCUT2D eigenvalue weighted by molar-refractivity contribution is 5.54. The first-order chi connectivity index (χ1) is 10.1. The molecule has 0 bridgehead atoms. The third-order valence-electron chi connectivity index (χ3n) is 3.54. The SMILES string of the molecule is Cc1ncnc(NCC(C)N(C)c2ccccc2)c1C#N. The number of aromatic nitrogens is 2. The van der Waals surface area contributed by atoms with Crippen LogP contribution < -0.4 is 10.2 Å². The molecule has 1 heterocycles. The maximum absolute atomic E-state index is 9.17. The lowest BCUT2D eigenvalue weighted by atomic mass is 10.2. The molecule has 0 amide bonds. The lowest BCUT2D eigenvalue weighted by molar-refractivity contribution is 0.714. The van der Waals surface area contributed by atoms with E-state index in [2.05, 4.69) is 52.4 Å². The van der Waals surface area contributed by atoms with E-state index in [-0.39, 0.29) is 6.04 Å². The maximum atomic E-state index is 9.17. The minimum atomic E-state index is 0.259. The van der Waals surface area contributed by atoms with Gasteiger partial charge in [0, 0.05) is 25.3 Å². The summed E-state index contributed by atoms with van der Waals surface area (Å²) in [4.78, 5) is 10.4. The van der Waals surface area contributed by atoms with Gasteiger partial charge in [0.15, 0.2) is 0 Å². The van der Waals surface area contributed by atoms with Crippen LogP contribution in [0.4, 0.5) is 11.5 Å². The number of benzene rings is 1. The quantitative estimate of drug-likeness (QED) is 0.912. The van der Waals surface area contributed by atoms with Gasteiger partial charge in [-0.2, -0.15) is 5.26 Å². The van der Waals surface area contributed by atoms with Gasteiger partial charge in [-0.1, -0.05) is 18.2 Å². The molecule has 108 valence electrons. The van der Waals surface area contributed by atoms with Crippen LogP contribution in [0.25, 0.3) is 0 Å². The Morgan fingerprint density at radius 1 is 1.29 bits per heavy atom. The minimum absolute atomic E-state index is 0.259. The summed E-state index contributed by atoms with van der Waals surface area (Å²) in [5.74, 6) is 0.596. The van der Waals surface area contributed by atoms with Crippen molar-refractivity contribution in [1.82, 2.24) is 9.97 Å². The van der Waals surface area contributed by atoms with Crippen LogP contribution in [0.3, 0.4) is 0 Å². The molecule has 0 aliphatic heterocycles. The lowest BCUT2D eigenvalue weighted by Gasteiger charge is -2.27. The number of aryl methyl sites for hydroxylation is 1. The molecule has 1 aromatic carbocycles. The van der Waals surface area contributed by atoms with E-state index in [1.165, 1.54) is 6.33 Å². The molecule has 0 saturated carbocycles. The average molecular weight is 281 g/mol. The molecule has 5 nitrogen and oxygen atoms in total. The van der Waals surface area contributed by atoms with E-state index in [9.17, 15) is 5.26 Å². The Balaban J connectivity index is 2.04. The zero-order valence-electron chi connectivity index (χ0n) is 12.5. The van der Waals surface area contributed by atoms with Crippen LogP contribution in [-0.4, -0.2) is 29.6 Å². The van der Waals surface area contributed by atoms with E-state index in [0.717, 1.165) is 5.69 Å². The van der Waals surface area contributed by atoms with E-state index < -0.39 is 0 Å². The largest absolute Gasteiger partial charge is 0.370 e. The molecule has 2 rings (SSSR count). The molecule has 5 heteroatoms. The topological polar surface area (TPSA) is 64.8 Å². The summed E-state index contributed by atoms with van der Waals surface area (Å²) in [6.45, 7) is 4.63. The molecular weight excluding hydrogens is 262 g/mol. The molecule has 1 aromatic heterocycles. The van der Waals surface area contributed by atoms with Gasteiger partial charge in [0.25, 0.3) is 0 Å². The third-order valence-corrected chi connectivity index (χ3v) is 3.54. The fourth-order valence-corrected chi connectivity index (χ4v) is 2.04. The van der Waals surface area contributed by atoms with Crippen molar-refractivity contribution in [1.29, 1.82) is 5.26 Å². The summed E-state index contributed by atoms with van der Waals surface area (Å²) >= 11 is 0. The highest BCUT2D eigenvalue weighted by Crippen LogP contribution is 2.16. The van der Waals surface area contributed by atoms with Gasteiger partial charge in [0.1, 0.15) is 23.8 Å². The summed E-state index contributed by atoms with van der Waals surface area (Å²) in [6.07, 6.45) is 1.48. The standard InChI is InChI=1S/C16H19N5/c1-12(21(3)14-7-5-4-6-8-14)10-18-16-15(9-17)13(2)19-11-20-16/h4-8,11-12H,10H2,1-3H3,(H,18,19,20). The molecule has 1 N–H and O–H groups in total. The molecule has 21 heavy (non-hydrogen) atoms. The van der Waals surface area contributed by atoms with Gasteiger partial charge in [-0.05, 0) is 26.0 Å². The number of hydrogen-bond acceptors (Lipinski definition) is 5. The van der Waals surface area contributed by atoms with Gasteiger partial charge < -0.3 is 10.2 Å². The second kappa shape index (κ2) is 6.71. The number of nitriles is 1. The van der Waals surface area contributed by atoms with Crippen LogP contribution in [0.2, 0.25) is 0 Å². The van der Waals surface area contributed by atoms with Crippen LogP contribution >= 0.6 is 0 Å². The first-order valence-corrected chi connectivity index (χ1v) is 6.87. The van der Waals surface area contributed by atoms with Crippen molar-refractivity contribution in [3.05, 3.63) is 47.9 Å². The van der Waals surface area contributed by atoms with Gasteiger partial charge in [-0.15, -0.1) is 0 Å². The van der Waals surface area contributed by atoms with Gasteiger partial charge in [0.2, 0.25) is 0 Å². The number of hydrogen-bond donors (Lipinski definition) is 1. The lowest BCUT2D eigenvalue weighted by Crippen LogP contribution is -2.35. The van der Waals surface area contributed by atoms with E-state index in [4.69, 9.17) is 0 Å². The zero-order valence-corrected chi connectivity index (χ0v) is 12.5. The first-order valence-electron chi connectivity index (χ1n) is 6.87. The van der Waals surface area contributed by atoms with Gasteiger partial charge >= 0.3 is 0 Å². The highest BCUT2D eigenvalue weighted by Gasteiger charge is 2.12. The molecule has 0 radical (unpaired) electrons. The molecule has 1 atom stereocenters. The van der Waals surface area contributed by atoms with Gasteiger partial charge in [0.05, 0.1) is 5.69 Å². The third kappa shape index (κ3) is 3.48. The number of para-hydroxylation sites is 1. The fraction of sp³-hybridized carbons (Fsp3) is 0.312. The average Bonchev–Trinajstić information content (AvgIpc) is 2.52. The number of nitrogens with zero attached hydrogens (tertiary/aromatic N) is 4. The Hall–Kier alpha value is -2.61. The Kier molecular flexibility index (Phi) is 4.72. The predicted molar refractivity (Wildman–Crippen MR) is 84.3 cm³/mol. The summed E-state index contributed by atoms with van der Waals surface area (Å²) in [5, 5.41) is 12.4. The van der Waals surface area contributed by atoms with E-state index in [0.29, 0.717) is 23.6 Å². The Morgan fingerprint density at radius 2 is 2.00 bits per heavy atom. The van der Waals surface area contributed by atoms with E-state index in [1.54, 1.807) is 0 Å². The minimum Gasteiger partial charge on any atom is -0.370 e. The smallest absolute Gasteiger partial charge is 0.147 e. The molecule has 0 aliphatic carbocycles. The van der Waals surface area contributed by atoms with Crippen molar-refractivity contribution in [2.24, 2.45) is 0 Å². The normalized spacial score (nSPS) is 11.5. The summed E-state index contributed by atoms with van der Waals surface area (Å²) in [6, 6.07) is 12.6. The van der Waals surface area contributed by atoms with Gasteiger partial charge in [-0.25, -0.2) is 9.97 Å². The van der Waals surface area contributed by atoms with Crippen molar-refractivity contribution < 1.29 is 0 Å². The number of rotatable bonds is 5. The van der Waals surface area contributed by atoms with Crippen LogP contribution in [0.5, 0.6) is 0 Å². The number of nitrogens with one attached hydrogen (secondary N) is 1. The first kappa shape index (κ1) is 14.8. The van der Waals surface area contributed by atoms with Crippen LogP contribution in [0.15, 0.2) is 36.7 Å². The Labute approximate surface area is 125 Å². The summed E-state index contributed by atoms with van der Waals surface area (Å²) in [5.41, 5.74) is 2.36. The van der Waals surface area contributed by atoms with Crippen LogP contribution in [0.1, 0.15) is 18.2 Å². The monoisotopic (exact) mass is 281 g/mol. The molecule has 2 aromatic rings. The van der Waals surface area contributed by atoms with Crippen molar-refractivity contribution >= 4 is 11.5 Å². The molecule has 0 saturated heterocycles. The van der Waals surface area contributed by atoms with E-state index >= 15 is 0 Å². The Bertz CT molecular complexity index is 633. The van der Waals surface area contributed by atoms with Crippen LogP contribution in [-0.2, 0) is 0 Å². The van der Waals surface area contributed by atoms with Crippen molar-refractivity contribution in [2.75, 3.05) is 23.8 Å². The Morgan fingerprint density at radius 3 is 2.67 bits per heavy atom. The maximum Gasteiger partial charge on any atom is 0.147 e. The highest BCUT2D eigenvalue weighted by atomic mass is 15.2. The summed E-state index contributed by atoms with van der Waals surface area (Å²) < 4.78 is 0. The van der Waals surface area contributed by atoms with E-state index in [1.807, 2.05) is 25.1 Å². The van der Waals surface area contributed by atoms with Crippen molar-refractivity contribution in [3.8, 4) is 6.07 Å².